The van der Waals surface area contributed by atoms with Crippen molar-refractivity contribution >= 4 is 21.4 Å². The number of benzene rings is 1. The molecule has 0 saturated heterocycles. The van der Waals surface area contributed by atoms with Gasteiger partial charge in [-0.25, -0.2) is 18.4 Å². The van der Waals surface area contributed by atoms with Gasteiger partial charge in [-0.15, -0.1) is 10.2 Å². The van der Waals surface area contributed by atoms with E-state index in [9.17, 15) is 8.42 Å². The number of halogens is 1. The summed E-state index contributed by atoms with van der Waals surface area (Å²) in [6, 6.07) is 5.43. The molecule has 3 atom stereocenters. The quantitative estimate of drug-likeness (QED) is 0.384. The number of sulfone groups is 1. The van der Waals surface area contributed by atoms with Crippen LogP contribution in [0.5, 0.6) is 11.5 Å². The Hall–Kier alpha value is -2.76. The Bertz CT molecular complexity index is 1350. The van der Waals surface area contributed by atoms with Crippen LogP contribution in [-0.2, 0) is 20.3 Å². The summed E-state index contributed by atoms with van der Waals surface area (Å²) in [6.07, 6.45) is 5.25. The summed E-state index contributed by atoms with van der Waals surface area (Å²) in [5.41, 5.74) is 0.865. The Morgan fingerprint density at radius 3 is 2.28 bits per heavy atom. The highest BCUT2D eigenvalue weighted by Crippen LogP contribution is 2.74. The lowest BCUT2D eigenvalue weighted by Crippen LogP contribution is -2.30. The third-order valence-electron chi connectivity index (χ3n) is 7.25. The van der Waals surface area contributed by atoms with Crippen molar-refractivity contribution in [3.63, 3.8) is 0 Å². The van der Waals surface area contributed by atoms with Crippen LogP contribution in [0.15, 0.2) is 30.6 Å². The first-order chi connectivity index (χ1) is 17.2. The molecule has 2 aliphatic rings. The standard InChI is InChI=1S/C24H28ClN5O5S/c1-14(21(35-4)22-26-11-15(25)12-27-22)36(31,32)13-19-28-29-23(16-10-24(16)8-9-24)30(19)20-17(33-2)6-5-7-18(20)34-3/h5-7,11-12,14,16,21H,8-10,13H2,1-4H3/t14-,16+,21-/m0/s1. The third kappa shape index (κ3) is 4.33. The highest BCUT2D eigenvalue weighted by atomic mass is 35.5. The zero-order valence-electron chi connectivity index (χ0n) is 20.5. The van der Waals surface area contributed by atoms with Gasteiger partial charge in [0.15, 0.2) is 21.5 Å². The lowest BCUT2D eigenvalue weighted by Gasteiger charge is -2.22. The van der Waals surface area contributed by atoms with Crippen molar-refractivity contribution in [2.24, 2.45) is 5.41 Å². The van der Waals surface area contributed by atoms with Crippen molar-refractivity contribution in [3.8, 4) is 17.2 Å². The lowest BCUT2D eigenvalue weighted by molar-refractivity contribution is 0.0948. The number of para-hydroxylation sites is 1. The van der Waals surface area contributed by atoms with E-state index in [2.05, 4.69) is 20.2 Å². The predicted octanol–water partition coefficient (Wildman–Crippen LogP) is 3.69. The molecule has 3 aromatic rings. The number of nitrogens with zero attached hydrogens (tertiary/aromatic N) is 5. The Morgan fingerprint density at radius 2 is 1.75 bits per heavy atom. The summed E-state index contributed by atoms with van der Waals surface area (Å²) in [5.74, 6) is 2.19. The molecule has 0 amide bonds. The zero-order chi connectivity index (χ0) is 25.7. The van der Waals surface area contributed by atoms with Gasteiger partial charge in [0.1, 0.15) is 34.9 Å². The summed E-state index contributed by atoms with van der Waals surface area (Å²) in [6.45, 7) is 1.58. The van der Waals surface area contributed by atoms with E-state index < -0.39 is 21.2 Å². The minimum absolute atomic E-state index is 0.225. The number of rotatable bonds is 10. The maximum absolute atomic E-state index is 13.7. The van der Waals surface area contributed by atoms with Crippen molar-refractivity contribution in [2.45, 2.75) is 49.2 Å². The Balaban J connectivity index is 1.55. The average molecular weight is 534 g/mol. The molecule has 1 spiro atoms. The summed E-state index contributed by atoms with van der Waals surface area (Å²) >= 11 is 5.90. The highest BCUT2D eigenvalue weighted by Gasteiger charge is 2.65. The topological polar surface area (TPSA) is 118 Å². The molecule has 36 heavy (non-hydrogen) atoms. The molecule has 0 unspecified atom stereocenters. The van der Waals surface area contributed by atoms with Gasteiger partial charge in [-0.05, 0) is 43.7 Å². The lowest BCUT2D eigenvalue weighted by atomic mass is 10.2. The smallest absolute Gasteiger partial charge is 0.163 e. The number of ether oxygens (including phenoxy) is 3. The minimum atomic E-state index is -3.80. The predicted molar refractivity (Wildman–Crippen MR) is 132 cm³/mol. The summed E-state index contributed by atoms with van der Waals surface area (Å²) in [7, 11) is 0.757. The maximum Gasteiger partial charge on any atom is 0.163 e. The number of methoxy groups -OCH3 is 3. The second-order valence-corrected chi connectivity index (χ2v) is 12.2. The molecule has 2 heterocycles. The molecular formula is C24H28ClN5O5S. The summed E-state index contributed by atoms with van der Waals surface area (Å²) in [4.78, 5) is 8.32. The van der Waals surface area contributed by atoms with Gasteiger partial charge in [0.05, 0.1) is 24.5 Å². The molecule has 1 aromatic carbocycles. The van der Waals surface area contributed by atoms with Crippen LogP contribution in [0.2, 0.25) is 5.02 Å². The van der Waals surface area contributed by atoms with Crippen molar-refractivity contribution in [1.29, 1.82) is 0 Å². The molecule has 5 rings (SSSR count). The fraction of sp³-hybridized carbons (Fsp3) is 0.500. The number of hydrogen-bond donors (Lipinski definition) is 0. The maximum atomic E-state index is 13.7. The second-order valence-electron chi connectivity index (χ2n) is 9.37. The Kier molecular flexibility index (Phi) is 6.42. The number of aromatic nitrogens is 5. The highest BCUT2D eigenvalue weighted by molar-refractivity contribution is 7.91. The van der Waals surface area contributed by atoms with Gasteiger partial charge in [-0.2, -0.15) is 0 Å². The summed E-state index contributed by atoms with van der Waals surface area (Å²) in [5, 5.41) is 8.24. The fourth-order valence-corrected chi connectivity index (χ4v) is 6.36. The third-order valence-corrected chi connectivity index (χ3v) is 9.48. The monoisotopic (exact) mass is 533 g/mol. The first-order valence-electron chi connectivity index (χ1n) is 11.6. The first-order valence-corrected chi connectivity index (χ1v) is 13.7. The van der Waals surface area contributed by atoms with E-state index in [0.29, 0.717) is 22.2 Å². The Morgan fingerprint density at radius 1 is 1.11 bits per heavy atom. The van der Waals surface area contributed by atoms with E-state index in [-0.39, 0.29) is 28.7 Å². The number of hydrogen-bond acceptors (Lipinski definition) is 9. The van der Waals surface area contributed by atoms with E-state index in [4.69, 9.17) is 25.8 Å². The second kappa shape index (κ2) is 9.28. The molecule has 192 valence electrons. The van der Waals surface area contributed by atoms with Crippen LogP contribution in [0.1, 0.15) is 55.7 Å². The first kappa shape index (κ1) is 24.9. The van der Waals surface area contributed by atoms with Gasteiger partial charge in [0, 0.05) is 25.4 Å². The molecule has 0 aliphatic heterocycles. The Labute approximate surface area is 214 Å². The van der Waals surface area contributed by atoms with Crippen LogP contribution >= 0.6 is 11.6 Å². The van der Waals surface area contributed by atoms with Crippen LogP contribution in [0.25, 0.3) is 5.69 Å². The average Bonchev–Trinajstić information content (AvgIpc) is 3.77. The van der Waals surface area contributed by atoms with Gasteiger partial charge in [-0.3, -0.25) is 4.57 Å². The molecule has 0 bridgehead atoms. The summed E-state index contributed by atoms with van der Waals surface area (Å²) < 4.78 is 45.9. The van der Waals surface area contributed by atoms with E-state index in [0.717, 1.165) is 25.1 Å². The van der Waals surface area contributed by atoms with Gasteiger partial charge < -0.3 is 14.2 Å². The molecule has 12 heteroatoms. The molecule has 2 aliphatic carbocycles. The SMILES string of the molecule is COc1cccc(OC)c1-n1c(CS(=O)(=O)[C@@H](C)[C@H](OC)c2ncc(Cl)cn2)nnc1[C@H]1CC12CC2. The van der Waals surface area contributed by atoms with Crippen LogP contribution in [0.4, 0.5) is 0 Å². The zero-order valence-corrected chi connectivity index (χ0v) is 22.1. The molecule has 0 radical (unpaired) electrons. The van der Waals surface area contributed by atoms with Crippen LogP contribution < -0.4 is 9.47 Å². The van der Waals surface area contributed by atoms with Crippen molar-refractivity contribution in [1.82, 2.24) is 24.7 Å². The van der Waals surface area contributed by atoms with Crippen LogP contribution in [0, 0.1) is 5.41 Å². The van der Waals surface area contributed by atoms with E-state index in [1.54, 1.807) is 37.8 Å². The molecule has 2 saturated carbocycles. The molecule has 2 aromatic heterocycles. The molecule has 0 N–H and O–H groups in total. The molecule has 10 nitrogen and oxygen atoms in total. The molecule has 2 fully saturated rings. The fourth-order valence-electron chi connectivity index (χ4n) is 4.85. The van der Waals surface area contributed by atoms with Crippen molar-refractivity contribution in [2.75, 3.05) is 21.3 Å². The van der Waals surface area contributed by atoms with Gasteiger partial charge >= 0.3 is 0 Å². The van der Waals surface area contributed by atoms with Crippen LogP contribution in [0.3, 0.4) is 0 Å². The van der Waals surface area contributed by atoms with E-state index in [1.807, 2.05) is 6.07 Å². The van der Waals surface area contributed by atoms with E-state index >= 15 is 0 Å². The van der Waals surface area contributed by atoms with E-state index in [1.165, 1.54) is 19.5 Å². The van der Waals surface area contributed by atoms with Gasteiger partial charge in [-0.1, -0.05) is 17.7 Å². The van der Waals surface area contributed by atoms with Gasteiger partial charge in [0.2, 0.25) is 0 Å². The van der Waals surface area contributed by atoms with Gasteiger partial charge in [0.25, 0.3) is 0 Å². The normalized spacial score (nSPS) is 19.6. The minimum Gasteiger partial charge on any atom is -0.494 e. The van der Waals surface area contributed by atoms with Crippen molar-refractivity contribution < 1.29 is 22.6 Å². The van der Waals surface area contributed by atoms with Crippen molar-refractivity contribution in [3.05, 3.63) is 53.1 Å². The van der Waals surface area contributed by atoms with Crippen LogP contribution in [-0.4, -0.2) is 59.7 Å². The largest absolute Gasteiger partial charge is 0.494 e. The molecular weight excluding hydrogens is 506 g/mol.